The van der Waals surface area contributed by atoms with Crippen molar-refractivity contribution in [2.75, 3.05) is 44.6 Å². The van der Waals surface area contributed by atoms with E-state index in [1.165, 1.54) is 11.9 Å². The molecule has 1 aliphatic rings. The van der Waals surface area contributed by atoms with Crippen molar-refractivity contribution in [2.45, 2.75) is 25.7 Å². The lowest BCUT2D eigenvalue weighted by Crippen LogP contribution is -2.48. The summed E-state index contributed by atoms with van der Waals surface area (Å²) in [6.07, 6.45) is 0.133. The summed E-state index contributed by atoms with van der Waals surface area (Å²) >= 11 is 1.19. The topological polar surface area (TPSA) is 121 Å². The molecule has 0 saturated carbocycles. The molecule has 0 unspecified atom stereocenters. The van der Waals surface area contributed by atoms with Crippen LogP contribution in [0.4, 0.5) is 16.2 Å². The minimum atomic E-state index is -0.581. The summed E-state index contributed by atoms with van der Waals surface area (Å²) < 4.78 is 21.5. The Kier molecular flexibility index (Phi) is 10.7. The van der Waals surface area contributed by atoms with Crippen molar-refractivity contribution >= 4 is 48.3 Å². The number of methoxy groups -OCH3 is 1. The molecule has 2 aromatic rings. The number of carbonyl (C=O) groups excluding carboxylic acids is 2. The molecule has 9 nitrogen and oxygen atoms in total. The number of anilines is 2. The van der Waals surface area contributed by atoms with Crippen molar-refractivity contribution in [3.05, 3.63) is 42.0 Å². The Morgan fingerprint density at radius 2 is 1.94 bits per heavy atom. The van der Waals surface area contributed by atoms with Crippen LogP contribution < -0.4 is 26.0 Å². The summed E-state index contributed by atoms with van der Waals surface area (Å²) in [5, 5.41) is 11.1. The van der Waals surface area contributed by atoms with Crippen LogP contribution in [0, 0.1) is 5.41 Å². The van der Waals surface area contributed by atoms with Gasteiger partial charge in [0, 0.05) is 54.1 Å². The number of ether oxygens (including phenoxy) is 2. The monoisotopic (exact) mass is 489 g/mol. The molecule has 3 rings (SSSR count). The molecule has 1 heterocycles. The SMILES string of the molecule is CCOC(=O)Nc1cc(C=O)ccc1B1OCC(C)(C)CO1.CNc1ccc(SN)c(OC)c1. The van der Waals surface area contributed by atoms with Gasteiger partial charge in [-0.25, -0.2) is 4.79 Å². The molecule has 184 valence electrons. The zero-order chi connectivity index (χ0) is 25.1. The van der Waals surface area contributed by atoms with Gasteiger partial charge < -0.3 is 24.1 Å². The summed E-state index contributed by atoms with van der Waals surface area (Å²) in [6.45, 7) is 7.18. The molecule has 1 aliphatic heterocycles. The maximum Gasteiger partial charge on any atom is 0.496 e. The van der Waals surface area contributed by atoms with Gasteiger partial charge in [-0.1, -0.05) is 26.0 Å². The van der Waals surface area contributed by atoms with E-state index in [9.17, 15) is 9.59 Å². The second kappa shape index (κ2) is 13.2. The summed E-state index contributed by atoms with van der Waals surface area (Å²) in [7, 11) is 2.92. The van der Waals surface area contributed by atoms with Crippen LogP contribution in [0.5, 0.6) is 5.75 Å². The average molecular weight is 489 g/mol. The summed E-state index contributed by atoms with van der Waals surface area (Å²) in [4.78, 5) is 23.5. The first kappa shape index (κ1) is 27.5. The van der Waals surface area contributed by atoms with E-state index in [1.807, 2.05) is 25.2 Å². The minimum absolute atomic E-state index is 0.0476. The Balaban J connectivity index is 0.000000287. The zero-order valence-electron chi connectivity index (χ0n) is 20.2. The van der Waals surface area contributed by atoms with Crippen molar-refractivity contribution in [3.63, 3.8) is 0 Å². The van der Waals surface area contributed by atoms with Crippen LogP contribution in [0.25, 0.3) is 0 Å². The van der Waals surface area contributed by atoms with Crippen molar-refractivity contribution in [2.24, 2.45) is 10.6 Å². The Hall–Kier alpha value is -2.73. The summed E-state index contributed by atoms with van der Waals surface area (Å²) in [6, 6.07) is 10.7. The van der Waals surface area contributed by atoms with Crippen LogP contribution in [0.3, 0.4) is 0 Å². The molecule has 1 fully saturated rings. The summed E-state index contributed by atoms with van der Waals surface area (Å²) in [5.74, 6) is 0.800. The second-order valence-electron chi connectivity index (χ2n) is 8.16. The van der Waals surface area contributed by atoms with E-state index >= 15 is 0 Å². The highest BCUT2D eigenvalue weighted by Crippen LogP contribution is 2.28. The van der Waals surface area contributed by atoms with Crippen LogP contribution in [-0.4, -0.2) is 53.5 Å². The average Bonchev–Trinajstić information content (AvgIpc) is 2.84. The Bertz CT molecular complexity index is 966. The van der Waals surface area contributed by atoms with Crippen LogP contribution in [0.1, 0.15) is 31.1 Å². The van der Waals surface area contributed by atoms with Crippen LogP contribution in [-0.2, 0) is 14.0 Å². The molecule has 11 heteroatoms. The van der Waals surface area contributed by atoms with Gasteiger partial charge in [-0.05, 0) is 37.1 Å². The van der Waals surface area contributed by atoms with E-state index in [1.54, 1.807) is 32.2 Å². The number of nitrogens with two attached hydrogens (primary N) is 1. The number of carbonyl (C=O) groups is 2. The normalized spacial score (nSPS) is 14.4. The molecule has 2 aromatic carbocycles. The predicted molar refractivity (Wildman–Crippen MR) is 136 cm³/mol. The smallest absolute Gasteiger partial charge is 0.495 e. The Morgan fingerprint density at radius 3 is 2.50 bits per heavy atom. The molecule has 1 saturated heterocycles. The van der Waals surface area contributed by atoms with Gasteiger partial charge >= 0.3 is 13.2 Å². The van der Waals surface area contributed by atoms with Gasteiger partial charge in [0.05, 0.1) is 18.6 Å². The van der Waals surface area contributed by atoms with Crippen LogP contribution >= 0.6 is 11.9 Å². The number of rotatable bonds is 7. The number of benzene rings is 2. The minimum Gasteiger partial charge on any atom is -0.495 e. The lowest BCUT2D eigenvalue weighted by atomic mass is 9.74. The largest absolute Gasteiger partial charge is 0.496 e. The standard InChI is InChI=1S/C15H20BNO5.C8H12N2OS/c1-4-20-14(19)17-13-7-11(8-18)5-6-12(13)16-21-9-15(2,3)10-22-16;1-10-6-3-4-8(12-9)7(5-6)11-2/h5-8H,4,9-10H2,1-3H3,(H,17,19);3-5,10H,9H2,1-2H3. The Morgan fingerprint density at radius 1 is 1.24 bits per heavy atom. The highest BCUT2D eigenvalue weighted by atomic mass is 32.2. The van der Waals surface area contributed by atoms with Crippen molar-refractivity contribution in [1.82, 2.24) is 0 Å². The number of hydrogen-bond donors (Lipinski definition) is 3. The molecule has 0 spiro atoms. The van der Waals surface area contributed by atoms with E-state index < -0.39 is 13.2 Å². The van der Waals surface area contributed by atoms with Gasteiger partial charge in [-0.3, -0.25) is 15.3 Å². The number of hydrogen-bond acceptors (Lipinski definition) is 9. The molecule has 0 aromatic heterocycles. The first-order valence-electron chi connectivity index (χ1n) is 10.8. The maximum atomic E-state index is 11.6. The molecule has 34 heavy (non-hydrogen) atoms. The van der Waals surface area contributed by atoms with Gasteiger partial charge in [0.25, 0.3) is 0 Å². The lowest BCUT2D eigenvalue weighted by molar-refractivity contribution is 0.0343. The first-order valence-corrected chi connectivity index (χ1v) is 11.6. The van der Waals surface area contributed by atoms with E-state index in [0.717, 1.165) is 16.3 Å². The van der Waals surface area contributed by atoms with Crippen molar-refractivity contribution in [3.8, 4) is 5.75 Å². The van der Waals surface area contributed by atoms with E-state index in [-0.39, 0.29) is 12.0 Å². The fraction of sp³-hybridized carbons (Fsp3) is 0.391. The molecular formula is C23H32BN3O6S. The molecule has 1 amide bonds. The lowest BCUT2D eigenvalue weighted by Gasteiger charge is -2.33. The third-order valence-corrected chi connectivity index (χ3v) is 5.40. The van der Waals surface area contributed by atoms with Gasteiger partial charge in [0.15, 0.2) is 0 Å². The highest BCUT2D eigenvalue weighted by molar-refractivity contribution is 7.97. The van der Waals surface area contributed by atoms with Crippen LogP contribution in [0.2, 0.25) is 0 Å². The predicted octanol–water partition coefficient (Wildman–Crippen LogP) is 3.54. The van der Waals surface area contributed by atoms with Crippen molar-refractivity contribution < 1.29 is 28.4 Å². The van der Waals surface area contributed by atoms with E-state index in [2.05, 4.69) is 24.5 Å². The molecule has 0 radical (unpaired) electrons. The molecule has 4 N–H and O–H groups in total. The molecular weight excluding hydrogens is 457 g/mol. The summed E-state index contributed by atoms with van der Waals surface area (Å²) in [5.41, 5.74) is 2.53. The zero-order valence-corrected chi connectivity index (χ0v) is 21.0. The molecule has 0 bridgehead atoms. The second-order valence-corrected chi connectivity index (χ2v) is 8.84. The quantitative estimate of drug-likeness (QED) is 0.305. The number of nitrogens with one attached hydrogen (secondary N) is 2. The third-order valence-electron chi connectivity index (χ3n) is 4.81. The van der Waals surface area contributed by atoms with Crippen LogP contribution in [0.15, 0.2) is 41.3 Å². The van der Waals surface area contributed by atoms with Gasteiger partial charge in [0.2, 0.25) is 0 Å². The van der Waals surface area contributed by atoms with Crippen molar-refractivity contribution in [1.29, 1.82) is 0 Å². The van der Waals surface area contributed by atoms with E-state index in [4.69, 9.17) is 23.9 Å². The molecule has 0 aliphatic carbocycles. The Labute approximate surface area is 205 Å². The number of aldehydes is 1. The maximum absolute atomic E-state index is 11.6. The molecule has 0 atom stereocenters. The van der Waals surface area contributed by atoms with Gasteiger partial charge in [-0.2, -0.15) is 0 Å². The first-order chi connectivity index (χ1) is 16.3. The highest BCUT2D eigenvalue weighted by Gasteiger charge is 2.35. The third kappa shape index (κ3) is 7.95. The fourth-order valence-corrected chi connectivity index (χ4v) is 3.44. The van der Waals surface area contributed by atoms with Gasteiger partial charge in [-0.15, -0.1) is 0 Å². The van der Waals surface area contributed by atoms with E-state index in [0.29, 0.717) is 36.2 Å². The fourth-order valence-electron chi connectivity index (χ4n) is 3.03. The van der Waals surface area contributed by atoms with Gasteiger partial charge in [0.1, 0.15) is 12.0 Å². The number of amides is 1.